The molecule has 30 nitrogen and oxygen atoms in total. The molecule has 5 heterocycles. The Bertz CT molecular complexity index is 2630. The fourth-order valence-electron chi connectivity index (χ4n) is 18.1. The van der Waals surface area contributed by atoms with Gasteiger partial charge in [0.2, 0.25) is 6.29 Å². The highest BCUT2D eigenvalue weighted by atomic mass is 16.8. The summed E-state index contributed by atoms with van der Waals surface area (Å²) in [6.45, 7) is 11.1. The molecule has 5 aliphatic heterocycles. The van der Waals surface area contributed by atoms with E-state index >= 15 is 4.79 Å². The monoisotopic (exact) mass is 1310 g/mol. The molecule has 0 aromatic heterocycles. The number of rotatable bonds is 15. The second-order valence-electron chi connectivity index (χ2n) is 29.0. The number of carbonyl (C=O) groups excluding carboxylic acids is 2. The maximum absolute atomic E-state index is 15.7. The molecule has 30 heteroatoms. The highest BCUT2D eigenvalue weighted by Gasteiger charge is 2.74. The van der Waals surface area contributed by atoms with Crippen molar-refractivity contribution in [1.29, 1.82) is 0 Å². The highest BCUT2D eigenvalue weighted by Crippen LogP contribution is 2.76. The van der Waals surface area contributed by atoms with Gasteiger partial charge in [0, 0.05) is 12.3 Å². The molecule has 4 saturated carbocycles. The Morgan fingerprint density at radius 3 is 1.76 bits per heavy atom. The molecule has 16 N–H and O–H groups in total. The number of aliphatic carboxylic acids is 1. The van der Waals surface area contributed by atoms with Crippen molar-refractivity contribution in [2.75, 3.05) is 26.4 Å². The molecular formula is C61H96O30. The molecule has 5 aliphatic carbocycles. The van der Waals surface area contributed by atoms with Gasteiger partial charge in [-0.15, -0.1) is 0 Å². The van der Waals surface area contributed by atoms with Gasteiger partial charge in [-0.3, -0.25) is 14.4 Å². The molecule has 5 saturated heterocycles. The van der Waals surface area contributed by atoms with Crippen LogP contribution in [0.25, 0.3) is 0 Å². The average Bonchev–Trinajstić information content (AvgIpc) is 0.672. The van der Waals surface area contributed by atoms with Crippen LogP contribution in [0.5, 0.6) is 0 Å². The first-order valence-corrected chi connectivity index (χ1v) is 31.8. The maximum Gasteiger partial charge on any atom is 0.315 e. The number of fused-ring (bicyclic) bond motifs is 7. The van der Waals surface area contributed by atoms with E-state index < -0.39 is 242 Å². The number of aliphatic hydroxyl groups excluding tert-OH is 15. The van der Waals surface area contributed by atoms with E-state index in [0.717, 1.165) is 12.5 Å². The highest BCUT2D eigenvalue weighted by molar-refractivity contribution is 5.79. The number of carboxylic acid groups (broad SMARTS) is 1. The Kier molecular flexibility index (Phi) is 20.4. The summed E-state index contributed by atoms with van der Waals surface area (Å²) in [4.78, 5) is 42.6. The van der Waals surface area contributed by atoms with Crippen LogP contribution >= 0.6 is 0 Å². The molecule has 0 aromatic rings. The zero-order valence-electron chi connectivity index (χ0n) is 52.4. The van der Waals surface area contributed by atoms with E-state index in [1.165, 1.54) is 20.8 Å². The Hall–Kier alpha value is -2.81. The SMILES string of the molecule is CC(=O)O[C@H]1[C@@H](O)[C@@H](C)O[C@@H](OC(=O)[C@]23CCC(C)(C)C[C@H]2C2=CC[C@@H]4[C@@]5(C)C[C@H](O)[C@H](O[C@@H]6O[C@H](CO)[C@@H](O)[C@H](O)[C@H]6O[C@@H]6O[C@H](CO)[C@H](O)[C@H](O)[C@H]6O)[C@@](C)(C(=O)O)[C@@H]5CC[C@@]4(C)[C@]2(CO)CC3)[C@@H]1O[C@@H]1O[C@@H](C)[C@H](O[C@@H]2OC[C@@H](O)[C@H](O)[C@H]2O)[C@@H](O)[C@H]1O. The fraction of sp³-hybridized carbons (Fsp3) is 0.918. The third-order valence-corrected chi connectivity index (χ3v) is 23.4. The summed E-state index contributed by atoms with van der Waals surface area (Å²) < 4.78 is 65.7. The number of esters is 2. The predicted molar refractivity (Wildman–Crippen MR) is 301 cm³/mol. The molecule has 10 rings (SSSR count). The van der Waals surface area contributed by atoms with Crippen molar-refractivity contribution in [3.8, 4) is 0 Å². The van der Waals surface area contributed by atoms with Crippen LogP contribution in [-0.4, -0.2) is 286 Å². The van der Waals surface area contributed by atoms with Crippen molar-refractivity contribution in [3.05, 3.63) is 11.6 Å². The molecule has 520 valence electrons. The van der Waals surface area contributed by atoms with Crippen LogP contribution in [0.2, 0.25) is 0 Å². The van der Waals surface area contributed by atoms with Gasteiger partial charge >= 0.3 is 17.9 Å². The van der Waals surface area contributed by atoms with Gasteiger partial charge in [-0.1, -0.05) is 39.3 Å². The Labute approximate surface area is 525 Å². The number of ether oxygens (including phenoxy) is 11. The van der Waals surface area contributed by atoms with E-state index in [2.05, 4.69) is 20.8 Å². The lowest BCUT2D eigenvalue weighted by molar-refractivity contribution is -0.382. The topological polar surface area (TPSA) is 476 Å². The van der Waals surface area contributed by atoms with Crippen molar-refractivity contribution in [2.45, 2.75) is 273 Å². The van der Waals surface area contributed by atoms with Crippen LogP contribution in [0.1, 0.15) is 113 Å². The zero-order valence-corrected chi connectivity index (χ0v) is 52.4. The van der Waals surface area contributed by atoms with Gasteiger partial charge in [-0.05, 0) is 113 Å². The third-order valence-electron chi connectivity index (χ3n) is 23.4. The summed E-state index contributed by atoms with van der Waals surface area (Å²) in [5.41, 5.74) is -5.71. The number of aliphatic hydroxyl groups is 15. The zero-order chi connectivity index (χ0) is 66.7. The lowest BCUT2D eigenvalue weighted by Gasteiger charge is -2.71. The molecule has 9 fully saturated rings. The van der Waals surface area contributed by atoms with Gasteiger partial charge in [0.25, 0.3) is 0 Å². The summed E-state index contributed by atoms with van der Waals surface area (Å²) >= 11 is 0. The van der Waals surface area contributed by atoms with Crippen LogP contribution < -0.4 is 0 Å². The van der Waals surface area contributed by atoms with Crippen molar-refractivity contribution in [1.82, 2.24) is 0 Å². The first-order chi connectivity index (χ1) is 42.6. The van der Waals surface area contributed by atoms with E-state index in [9.17, 15) is 91.3 Å². The van der Waals surface area contributed by atoms with E-state index in [-0.39, 0.29) is 37.7 Å². The predicted octanol–water partition coefficient (Wildman–Crippen LogP) is -3.94. The van der Waals surface area contributed by atoms with Gasteiger partial charge in [-0.2, -0.15) is 0 Å². The van der Waals surface area contributed by atoms with Gasteiger partial charge in [-0.25, -0.2) is 0 Å². The summed E-state index contributed by atoms with van der Waals surface area (Å²) in [5.74, 6) is -4.76. The van der Waals surface area contributed by atoms with Gasteiger partial charge in [0.05, 0.1) is 55.6 Å². The van der Waals surface area contributed by atoms with Crippen LogP contribution in [0.4, 0.5) is 0 Å². The van der Waals surface area contributed by atoms with Crippen molar-refractivity contribution in [2.24, 2.45) is 50.2 Å². The molecule has 10 aliphatic rings. The maximum atomic E-state index is 15.7. The molecule has 0 aromatic carbocycles. The largest absolute Gasteiger partial charge is 0.481 e. The third kappa shape index (κ3) is 11.8. The molecule has 0 bridgehead atoms. The molecule has 0 unspecified atom stereocenters. The van der Waals surface area contributed by atoms with Crippen molar-refractivity contribution < 1.29 is 148 Å². The number of allylic oxidation sites excluding steroid dienone is 1. The first kappa shape index (κ1) is 71.0. The quantitative estimate of drug-likeness (QED) is 0.0423. The second-order valence-corrected chi connectivity index (χ2v) is 29.0. The van der Waals surface area contributed by atoms with Crippen molar-refractivity contribution in [3.63, 3.8) is 0 Å². The Morgan fingerprint density at radius 1 is 0.549 bits per heavy atom. The minimum Gasteiger partial charge on any atom is -0.481 e. The summed E-state index contributed by atoms with van der Waals surface area (Å²) in [6, 6.07) is 0. The normalized spacial score (nSPS) is 53.1. The van der Waals surface area contributed by atoms with Crippen LogP contribution in [0.15, 0.2) is 11.6 Å². The van der Waals surface area contributed by atoms with Gasteiger partial charge < -0.3 is 134 Å². The van der Waals surface area contributed by atoms with E-state index in [1.54, 1.807) is 0 Å². The molecule has 91 heavy (non-hydrogen) atoms. The van der Waals surface area contributed by atoms with E-state index in [0.29, 0.717) is 32.1 Å². The van der Waals surface area contributed by atoms with Crippen LogP contribution in [0, 0.1) is 50.2 Å². The van der Waals surface area contributed by atoms with Crippen LogP contribution in [0.3, 0.4) is 0 Å². The smallest absolute Gasteiger partial charge is 0.315 e. The summed E-state index contributed by atoms with van der Waals surface area (Å²) in [6.07, 6.45) is -39.4. The first-order valence-electron chi connectivity index (χ1n) is 31.8. The average molecular weight is 1310 g/mol. The summed E-state index contributed by atoms with van der Waals surface area (Å²) in [7, 11) is 0. The number of hydrogen-bond donors (Lipinski definition) is 16. The van der Waals surface area contributed by atoms with E-state index in [1.807, 2.05) is 13.0 Å². The van der Waals surface area contributed by atoms with Crippen LogP contribution in [-0.2, 0) is 66.5 Å². The lowest BCUT2D eigenvalue weighted by Crippen LogP contribution is -2.71. The number of carbonyl (C=O) groups is 3. The van der Waals surface area contributed by atoms with Gasteiger partial charge in [0.15, 0.2) is 37.4 Å². The van der Waals surface area contributed by atoms with Gasteiger partial charge in [0.1, 0.15) is 97.7 Å². The molecule has 0 amide bonds. The minimum atomic E-state index is -1.99. The lowest BCUT2D eigenvalue weighted by atomic mass is 9.33. The number of hydrogen-bond acceptors (Lipinski definition) is 29. The molecule has 0 radical (unpaired) electrons. The van der Waals surface area contributed by atoms with E-state index in [4.69, 9.17) is 52.1 Å². The summed E-state index contributed by atoms with van der Waals surface area (Å²) in [5, 5.41) is 176. The molecular weight excluding hydrogens is 1210 g/mol. The fourth-order valence-corrected chi connectivity index (χ4v) is 18.1. The minimum absolute atomic E-state index is 0.0694. The Balaban J connectivity index is 0.927. The van der Waals surface area contributed by atoms with Crippen molar-refractivity contribution >= 4 is 17.9 Å². The second kappa shape index (κ2) is 26.2. The Morgan fingerprint density at radius 2 is 1.12 bits per heavy atom. The molecule has 34 atom stereocenters. The standard InChI is InChI=1S/C61H96O30/c1-23-34(68)45(84-25(3)65)47(89-50-43(77)40(74)44(24(2)83-50)87-49-41(75)35(69)29(67)21-81-49)53(82-23)91-55(80)60-14-13-56(4,5)17-27(60)26-9-10-32-57(6)18-28(66)48(59(8,54(78)79)33(57)11-12-58(32,7)61(26,22-64)16-15-60)90-52-46(39(73)37(71)31(20-63)86-52)88-51-42(76)38(72)36(70)30(19-62)85-51/h9,23-24,27-53,62-64,66-77H,10-22H2,1-8H3,(H,78,79)/t23-,24+,27+,28+,29-,30-,31-,32-,33-,34+,35+,36+,37-,38+,39+,40+,41-,42-,43-,44+,45+,46-,47-,48+,49+,50+,51+,52+,53+,57-,58-,59+,60+,61+/m1/s1. The molecule has 0 spiro atoms. The number of carboxylic acids is 1.